The highest BCUT2D eigenvalue weighted by Crippen LogP contribution is 2.21. The van der Waals surface area contributed by atoms with Gasteiger partial charge >= 0.3 is 0 Å². The second-order valence-corrected chi connectivity index (χ2v) is 4.88. The smallest absolute Gasteiger partial charge is 0.300 e. The molecule has 1 aromatic heterocycles. The average Bonchev–Trinajstić information content (AvgIpc) is 2.46. The van der Waals surface area contributed by atoms with E-state index < -0.39 is 4.92 Å². The van der Waals surface area contributed by atoms with Crippen LogP contribution in [0.3, 0.4) is 0 Å². The van der Waals surface area contributed by atoms with Crippen LogP contribution >= 0.6 is 0 Å². The van der Waals surface area contributed by atoms with Crippen LogP contribution in [0.4, 0.5) is 11.5 Å². The predicted molar refractivity (Wildman–Crippen MR) is 81.0 cm³/mol. The minimum absolute atomic E-state index is 0.0136. The largest absolute Gasteiger partial charge is 0.384 e. The first-order valence-electron chi connectivity index (χ1n) is 7.20. The third-order valence-corrected chi connectivity index (χ3v) is 3.18. The first kappa shape index (κ1) is 16.9. The molecule has 1 amide bonds. The molecule has 0 aliphatic heterocycles. The molecule has 0 saturated carbocycles. The summed E-state index contributed by atoms with van der Waals surface area (Å²) in [5, 5.41) is 11.0. The SMILES string of the molecule is CCCCN(CCCC)C(=O)c1cc(N)ncc1[N+](=O)[O-]. The summed E-state index contributed by atoms with van der Waals surface area (Å²) in [6, 6.07) is 1.28. The van der Waals surface area contributed by atoms with Crippen molar-refractivity contribution in [2.24, 2.45) is 0 Å². The van der Waals surface area contributed by atoms with Crippen LogP contribution < -0.4 is 5.73 Å². The Morgan fingerprint density at radius 2 is 1.90 bits per heavy atom. The second-order valence-electron chi connectivity index (χ2n) is 4.88. The van der Waals surface area contributed by atoms with Crippen molar-refractivity contribution in [3.8, 4) is 0 Å². The van der Waals surface area contributed by atoms with Crippen LogP contribution in [-0.4, -0.2) is 33.8 Å². The molecule has 0 aromatic carbocycles. The zero-order valence-corrected chi connectivity index (χ0v) is 12.5. The minimum Gasteiger partial charge on any atom is -0.384 e. The van der Waals surface area contributed by atoms with Crippen molar-refractivity contribution in [3.05, 3.63) is 27.9 Å². The number of pyridine rings is 1. The van der Waals surface area contributed by atoms with E-state index in [2.05, 4.69) is 4.98 Å². The van der Waals surface area contributed by atoms with Crippen molar-refractivity contribution >= 4 is 17.4 Å². The fourth-order valence-electron chi connectivity index (χ4n) is 1.96. The highest BCUT2D eigenvalue weighted by Gasteiger charge is 2.25. The molecule has 0 unspecified atom stereocenters. The topological polar surface area (TPSA) is 102 Å². The van der Waals surface area contributed by atoms with Crippen LogP contribution in [0.25, 0.3) is 0 Å². The molecule has 2 N–H and O–H groups in total. The third kappa shape index (κ3) is 4.70. The lowest BCUT2D eigenvalue weighted by Crippen LogP contribution is -2.33. The number of anilines is 1. The number of nitrogens with zero attached hydrogens (tertiary/aromatic N) is 3. The molecule has 0 aliphatic carbocycles. The fraction of sp³-hybridized carbons (Fsp3) is 0.571. The third-order valence-electron chi connectivity index (χ3n) is 3.18. The van der Waals surface area contributed by atoms with Gasteiger partial charge in [-0.3, -0.25) is 14.9 Å². The monoisotopic (exact) mass is 294 g/mol. The van der Waals surface area contributed by atoms with Crippen LogP contribution in [0.1, 0.15) is 49.9 Å². The fourth-order valence-corrected chi connectivity index (χ4v) is 1.96. The summed E-state index contributed by atoms with van der Waals surface area (Å²) in [5.74, 6) is -0.243. The number of carbonyl (C=O) groups is 1. The van der Waals surface area contributed by atoms with E-state index in [1.807, 2.05) is 13.8 Å². The van der Waals surface area contributed by atoms with Gasteiger partial charge in [0, 0.05) is 13.1 Å². The molecular formula is C14H22N4O3. The maximum atomic E-state index is 12.6. The molecule has 116 valence electrons. The zero-order chi connectivity index (χ0) is 15.8. The molecule has 1 heterocycles. The van der Waals surface area contributed by atoms with Gasteiger partial charge in [0.15, 0.2) is 0 Å². The summed E-state index contributed by atoms with van der Waals surface area (Å²) < 4.78 is 0. The number of aromatic nitrogens is 1. The van der Waals surface area contributed by atoms with Crippen LogP contribution in [0.2, 0.25) is 0 Å². The molecule has 0 aliphatic rings. The standard InChI is InChI=1S/C14H22N4O3/c1-3-5-7-17(8-6-4-2)14(19)11-9-13(15)16-10-12(11)18(20)21/h9-10H,3-8H2,1-2H3,(H2,15,16). The van der Waals surface area contributed by atoms with Gasteiger partial charge in [0.05, 0.1) is 4.92 Å². The van der Waals surface area contributed by atoms with Gasteiger partial charge in [-0.05, 0) is 18.9 Å². The number of amides is 1. The van der Waals surface area contributed by atoms with Crippen LogP contribution in [0, 0.1) is 10.1 Å². The van der Waals surface area contributed by atoms with Crippen molar-refractivity contribution in [2.45, 2.75) is 39.5 Å². The van der Waals surface area contributed by atoms with Crippen molar-refractivity contribution in [1.29, 1.82) is 0 Å². The average molecular weight is 294 g/mol. The number of nitrogens with two attached hydrogens (primary N) is 1. The van der Waals surface area contributed by atoms with Gasteiger partial charge in [-0.25, -0.2) is 4.98 Å². The summed E-state index contributed by atoms with van der Waals surface area (Å²) in [6.07, 6.45) is 4.68. The Morgan fingerprint density at radius 1 is 1.33 bits per heavy atom. The maximum absolute atomic E-state index is 12.6. The Bertz CT molecular complexity index is 497. The molecule has 7 heteroatoms. The summed E-state index contributed by atoms with van der Waals surface area (Å²) in [5.41, 5.74) is 5.28. The highest BCUT2D eigenvalue weighted by atomic mass is 16.6. The quantitative estimate of drug-likeness (QED) is 0.586. The van der Waals surface area contributed by atoms with E-state index in [0.717, 1.165) is 31.9 Å². The van der Waals surface area contributed by atoms with Gasteiger partial charge < -0.3 is 10.6 Å². The summed E-state index contributed by atoms with van der Waals surface area (Å²) in [4.78, 5) is 28.4. The van der Waals surface area contributed by atoms with Gasteiger partial charge in [0.25, 0.3) is 11.6 Å². The van der Waals surface area contributed by atoms with Crippen LogP contribution in [0.15, 0.2) is 12.3 Å². The van der Waals surface area contributed by atoms with Crippen molar-refractivity contribution in [1.82, 2.24) is 9.88 Å². The Hall–Kier alpha value is -2.18. The van der Waals surface area contributed by atoms with Gasteiger partial charge in [0.1, 0.15) is 17.6 Å². The van der Waals surface area contributed by atoms with Gasteiger partial charge in [-0.15, -0.1) is 0 Å². The molecule has 1 aromatic rings. The Kier molecular flexibility index (Phi) is 6.58. The maximum Gasteiger partial charge on any atom is 0.300 e. The molecule has 0 spiro atoms. The zero-order valence-electron chi connectivity index (χ0n) is 12.5. The molecule has 0 saturated heterocycles. The second kappa shape index (κ2) is 8.18. The lowest BCUT2D eigenvalue weighted by atomic mass is 10.1. The predicted octanol–water partition coefficient (Wildman–Crippen LogP) is 2.61. The molecular weight excluding hydrogens is 272 g/mol. The number of nitro groups is 1. The number of unbranched alkanes of at least 4 members (excludes halogenated alkanes) is 2. The van der Waals surface area contributed by atoms with Crippen LogP contribution in [-0.2, 0) is 0 Å². The van der Waals surface area contributed by atoms with Gasteiger partial charge in [-0.2, -0.15) is 0 Å². The Morgan fingerprint density at radius 3 is 2.38 bits per heavy atom. The molecule has 0 bridgehead atoms. The number of hydrogen-bond donors (Lipinski definition) is 1. The van der Waals surface area contributed by atoms with E-state index in [0.29, 0.717) is 13.1 Å². The summed E-state index contributed by atoms with van der Waals surface area (Å²) >= 11 is 0. The Balaban J connectivity index is 3.06. The van der Waals surface area contributed by atoms with E-state index in [9.17, 15) is 14.9 Å². The Labute approximate surface area is 124 Å². The molecule has 0 radical (unpaired) electrons. The molecule has 1 rings (SSSR count). The molecule has 0 fully saturated rings. The molecule has 21 heavy (non-hydrogen) atoms. The van der Waals surface area contributed by atoms with E-state index in [1.165, 1.54) is 6.07 Å². The van der Waals surface area contributed by atoms with Gasteiger partial charge in [0.2, 0.25) is 0 Å². The van der Waals surface area contributed by atoms with Crippen molar-refractivity contribution < 1.29 is 9.72 Å². The number of nitrogen functional groups attached to an aromatic ring is 1. The number of hydrogen-bond acceptors (Lipinski definition) is 5. The van der Waals surface area contributed by atoms with E-state index in [-0.39, 0.29) is 23.0 Å². The first-order valence-corrected chi connectivity index (χ1v) is 7.20. The summed E-state index contributed by atoms with van der Waals surface area (Å²) in [7, 11) is 0. The molecule has 0 atom stereocenters. The summed E-state index contributed by atoms with van der Waals surface area (Å²) in [6.45, 7) is 5.26. The normalized spacial score (nSPS) is 10.4. The highest BCUT2D eigenvalue weighted by molar-refractivity contribution is 5.98. The number of carbonyl (C=O) groups excluding carboxylic acids is 1. The van der Waals surface area contributed by atoms with E-state index in [1.54, 1.807) is 4.90 Å². The van der Waals surface area contributed by atoms with Crippen LogP contribution in [0.5, 0.6) is 0 Å². The lowest BCUT2D eigenvalue weighted by Gasteiger charge is -2.22. The number of rotatable bonds is 8. The van der Waals surface area contributed by atoms with Crippen molar-refractivity contribution in [2.75, 3.05) is 18.8 Å². The van der Waals surface area contributed by atoms with Gasteiger partial charge in [-0.1, -0.05) is 26.7 Å². The first-order chi connectivity index (χ1) is 10.0. The lowest BCUT2D eigenvalue weighted by molar-refractivity contribution is -0.385. The van der Waals surface area contributed by atoms with Crippen molar-refractivity contribution in [3.63, 3.8) is 0 Å². The van der Waals surface area contributed by atoms with E-state index >= 15 is 0 Å². The molecule has 7 nitrogen and oxygen atoms in total. The minimum atomic E-state index is -0.600. The van der Waals surface area contributed by atoms with E-state index in [4.69, 9.17) is 5.73 Å².